The maximum atomic E-state index is 12.0. The minimum atomic E-state index is -0.977. The minimum absolute atomic E-state index is 0.00842. The number of nitrogens with zero attached hydrogens (tertiary/aromatic N) is 2. The monoisotopic (exact) mass is 275 g/mol. The van der Waals surface area contributed by atoms with Gasteiger partial charge in [0.15, 0.2) is 0 Å². The lowest BCUT2D eigenvalue weighted by molar-refractivity contribution is -0.144. The van der Waals surface area contributed by atoms with Gasteiger partial charge in [0.2, 0.25) is 5.91 Å². The van der Waals surface area contributed by atoms with E-state index in [1.807, 2.05) is 0 Å². The van der Waals surface area contributed by atoms with Crippen LogP contribution in [0.1, 0.15) is 5.56 Å². The van der Waals surface area contributed by atoms with Gasteiger partial charge in [-0.1, -0.05) is 30.3 Å². The van der Waals surface area contributed by atoms with Crippen molar-refractivity contribution in [1.82, 2.24) is 15.1 Å². The molecule has 5 amide bonds. The SMILES string of the molecule is CNC(=O)CN1C(=O)C(=O)N(Cc2ccccc2)C1=O. The number of amides is 5. The Hall–Kier alpha value is -2.70. The fourth-order valence-electron chi connectivity index (χ4n) is 1.82. The van der Waals surface area contributed by atoms with E-state index in [2.05, 4.69) is 5.32 Å². The summed E-state index contributed by atoms with van der Waals surface area (Å²) in [5.74, 6) is -2.40. The summed E-state index contributed by atoms with van der Waals surface area (Å²) in [5.41, 5.74) is 0.726. The quantitative estimate of drug-likeness (QED) is 0.605. The van der Waals surface area contributed by atoms with Crippen LogP contribution in [0.15, 0.2) is 30.3 Å². The van der Waals surface area contributed by atoms with Gasteiger partial charge in [0.1, 0.15) is 6.54 Å². The second-order valence-corrected chi connectivity index (χ2v) is 4.22. The molecule has 1 aromatic rings. The first-order valence-electron chi connectivity index (χ1n) is 5.96. The molecule has 0 unspecified atom stereocenters. The zero-order valence-corrected chi connectivity index (χ0v) is 10.8. The van der Waals surface area contributed by atoms with Crippen LogP contribution in [-0.4, -0.2) is 47.1 Å². The Kier molecular flexibility index (Phi) is 3.79. The lowest BCUT2D eigenvalue weighted by Gasteiger charge is -2.14. The van der Waals surface area contributed by atoms with E-state index in [4.69, 9.17) is 0 Å². The van der Waals surface area contributed by atoms with Crippen molar-refractivity contribution in [2.24, 2.45) is 0 Å². The van der Waals surface area contributed by atoms with Crippen molar-refractivity contribution in [3.63, 3.8) is 0 Å². The number of carbonyl (C=O) groups is 4. The average Bonchev–Trinajstić information content (AvgIpc) is 2.66. The summed E-state index contributed by atoms with van der Waals surface area (Å²) in [7, 11) is 1.39. The number of rotatable bonds is 4. The molecule has 1 heterocycles. The third-order valence-corrected chi connectivity index (χ3v) is 2.90. The van der Waals surface area contributed by atoms with E-state index in [1.54, 1.807) is 30.3 Å². The van der Waals surface area contributed by atoms with Crippen LogP contribution < -0.4 is 5.32 Å². The molecule has 20 heavy (non-hydrogen) atoms. The lowest BCUT2D eigenvalue weighted by Crippen LogP contribution is -2.40. The highest BCUT2D eigenvalue weighted by Crippen LogP contribution is 2.15. The van der Waals surface area contributed by atoms with E-state index in [0.717, 1.165) is 10.5 Å². The van der Waals surface area contributed by atoms with Gasteiger partial charge in [0.25, 0.3) is 0 Å². The molecule has 1 aliphatic heterocycles. The predicted molar refractivity (Wildman–Crippen MR) is 68.2 cm³/mol. The van der Waals surface area contributed by atoms with Crippen LogP contribution in [0.2, 0.25) is 0 Å². The van der Waals surface area contributed by atoms with Crippen LogP contribution in [-0.2, 0) is 20.9 Å². The molecule has 1 N–H and O–H groups in total. The van der Waals surface area contributed by atoms with Gasteiger partial charge in [-0.2, -0.15) is 0 Å². The van der Waals surface area contributed by atoms with E-state index in [9.17, 15) is 19.2 Å². The van der Waals surface area contributed by atoms with Crippen LogP contribution in [0.3, 0.4) is 0 Å². The lowest BCUT2D eigenvalue weighted by atomic mass is 10.2. The Morgan fingerprint density at radius 2 is 1.65 bits per heavy atom. The zero-order valence-electron chi connectivity index (χ0n) is 10.8. The highest BCUT2D eigenvalue weighted by atomic mass is 16.2. The Morgan fingerprint density at radius 3 is 2.25 bits per heavy atom. The molecule has 7 nitrogen and oxygen atoms in total. The fraction of sp³-hybridized carbons (Fsp3) is 0.231. The van der Waals surface area contributed by atoms with Crippen molar-refractivity contribution in [1.29, 1.82) is 0 Å². The number of imide groups is 2. The van der Waals surface area contributed by atoms with Gasteiger partial charge < -0.3 is 5.32 Å². The summed E-state index contributed by atoms with van der Waals surface area (Å²) in [6.07, 6.45) is 0. The molecular formula is C13H13N3O4. The Bertz CT molecular complexity index is 570. The molecule has 0 aliphatic carbocycles. The number of carbonyl (C=O) groups excluding carboxylic acids is 4. The van der Waals surface area contributed by atoms with E-state index < -0.39 is 30.3 Å². The highest BCUT2D eigenvalue weighted by Gasteiger charge is 2.44. The molecular weight excluding hydrogens is 262 g/mol. The molecule has 0 aromatic heterocycles. The molecule has 0 saturated carbocycles. The normalized spacial score (nSPS) is 14.9. The molecule has 1 aliphatic rings. The van der Waals surface area contributed by atoms with Gasteiger partial charge in [0, 0.05) is 7.05 Å². The standard InChI is InChI=1S/C13H13N3O4/c1-14-10(17)8-16-12(19)11(18)15(13(16)20)7-9-5-3-2-4-6-9/h2-6H,7-8H2,1H3,(H,14,17). The first kappa shape index (κ1) is 13.7. The van der Waals surface area contributed by atoms with E-state index in [0.29, 0.717) is 4.90 Å². The Balaban J connectivity index is 2.15. The number of nitrogens with one attached hydrogen (secondary N) is 1. The summed E-state index contributed by atoms with van der Waals surface area (Å²) < 4.78 is 0. The Labute approximate surface area is 115 Å². The summed E-state index contributed by atoms with van der Waals surface area (Å²) in [4.78, 5) is 48.2. The van der Waals surface area contributed by atoms with Crippen LogP contribution in [0, 0.1) is 0 Å². The largest absolute Gasteiger partial charge is 0.358 e. The second kappa shape index (κ2) is 5.52. The number of benzene rings is 1. The van der Waals surface area contributed by atoms with Crippen molar-refractivity contribution in [2.75, 3.05) is 13.6 Å². The first-order chi connectivity index (χ1) is 9.54. The molecule has 1 aromatic carbocycles. The van der Waals surface area contributed by atoms with Gasteiger partial charge in [-0.05, 0) is 5.56 Å². The maximum Gasteiger partial charge on any atom is 0.335 e. The molecule has 0 atom stereocenters. The van der Waals surface area contributed by atoms with Crippen molar-refractivity contribution in [3.8, 4) is 0 Å². The van der Waals surface area contributed by atoms with Crippen LogP contribution >= 0.6 is 0 Å². The van der Waals surface area contributed by atoms with Gasteiger partial charge >= 0.3 is 17.8 Å². The van der Waals surface area contributed by atoms with Crippen LogP contribution in [0.5, 0.6) is 0 Å². The Morgan fingerprint density at radius 1 is 1.05 bits per heavy atom. The fourth-order valence-corrected chi connectivity index (χ4v) is 1.82. The van der Waals surface area contributed by atoms with Crippen molar-refractivity contribution >= 4 is 23.8 Å². The predicted octanol–water partition coefficient (Wildman–Crippen LogP) is -0.277. The molecule has 104 valence electrons. The zero-order chi connectivity index (χ0) is 14.7. The second-order valence-electron chi connectivity index (χ2n) is 4.22. The number of likely N-dealkylation sites (N-methyl/N-ethyl adjacent to an activating group) is 1. The van der Waals surface area contributed by atoms with E-state index in [1.165, 1.54) is 7.05 Å². The van der Waals surface area contributed by atoms with Crippen molar-refractivity contribution in [3.05, 3.63) is 35.9 Å². The maximum absolute atomic E-state index is 12.0. The van der Waals surface area contributed by atoms with Gasteiger partial charge in [-0.3, -0.25) is 19.3 Å². The number of hydrogen-bond acceptors (Lipinski definition) is 4. The molecule has 0 radical (unpaired) electrons. The third kappa shape index (κ3) is 2.51. The highest BCUT2D eigenvalue weighted by molar-refractivity contribution is 6.44. The van der Waals surface area contributed by atoms with Gasteiger partial charge in [0.05, 0.1) is 6.54 Å². The molecule has 0 spiro atoms. The smallest absolute Gasteiger partial charge is 0.335 e. The van der Waals surface area contributed by atoms with E-state index in [-0.39, 0.29) is 6.54 Å². The number of hydrogen-bond donors (Lipinski definition) is 1. The third-order valence-electron chi connectivity index (χ3n) is 2.90. The summed E-state index contributed by atoms with van der Waals surface area (Å²) in [6.45, 7) is -0.445. The molecule has 0 bridgehead atoms. The summed E-state index contributed by atoms with van der Waals surface area (Å²) >= 11 is 0. The van der Waals surface area contributed by atoms with Gasteiger partial charge in [-0.15, -0.1) is 0 Å². The van der Waals surface area contributed by atoms with Crippen molar-refractivity contribution in [2.45, 2.75) is 6.54 Å². The minimum Gasteiger partial charge on any atom is -0.358 e. The molecule has 1 fully saturated rings. The average molecular weight is 275 g/mol. The van der Waals surface area contributed by atoms with E-state index >= 15 is 0 Å². The first-order valence-corrected chi connectivity index (χ1v) is 5.96. The van der Waals surface area contributed by atoms with Crippen LogP contribution in [0.25, 0.3) is 0 Å². The molecule has 2 rings (SSSR count). The topological polar surface area (TPSA) is 86.8 Å². The molecule has 7 heteroatoms. The van der Waals surface area contributed by atoms with Crippen molar-refractivity contribution < 1.29 is 19.2 Å². The summed E-state index contributed by atoms with van der Waals surface area (Å²) in [5, 5.41) is 2.30. The molecule has 1 saturated heterocycles. The van der Waals surface area contributed by atoms with Crippen LogP contribution in [0.4, 0.5) is 4.79 Å². The summed E-state index contributed by atoms with van der Waals surface area (Å²) in [6, 6.07) is 8.06. The number of urea groups is 1. The van der Waals surface area contributed by atoms with Gasteiger partial charge in [-0.25, -0.2) is 9.69 Å².